The third kappa shape index (κ3) is 6.50. The molecule has 0 aliphatic rings. The van der Waals surface area contributed by atoms with Crippen molar-refractivity contribution in [3.8, 4) is 23.0 Å². The number of aromatic nitrogens is 3. The fourth-order valence-electron chi connectivity index (χ4n) is 3.56. The molecule has 1 atom stereocenters. The number of hydrogen-bond donors (Lipinski definition) is 1. The van der Waals surface area contributed by atoms with Gasteiger partial charge in [0.1, 0.15) is 11.4 Å². The summed E-state index contributed by atoms with van der Waals surface area (Å²) in [6, 6.07) is 7.83. The third-order valence-corrected chi connectivity index (χ3v) is 6.43. The van der Waals surface area contributed by atoms with E-state index in [0.717, 1.165) is 10.9 Å². The van der Waals surface area contributed by atoms with Crippen LogP contribution in [0.3, 0.4) is 0 Å². The lowest BCUT2D eigenvalue weighted by Crippen LogP contribution is -2.59. The van der Waals surface area contributed by atoms with E-state index in [1.54, 1.807) is 6.92 Å². The van der Waals surface area contributed by atoms with Crippen LogP contribution in [0, 0.1) is 11.3 Å². The van der Waals surface area contributed by atoms with Crippen LogP contribution in [0.25, 0.3) is 16.9 Å². The van der Waals surface area contributed by atoms with E-state index in [1.807, 2.05) is 6.07 Å². The van der Waals surface area contributed by atoms with E-state index in [9.17, 15) is 44.3 Å². The molecular formula is C26H16Cl2F9N5O. The molecule has 1 amide bonds. The average molecular weight is 656 g/mol. The molecule has 2 aromatic carbocycles. The molecule has 17 heteroatoms. The van der Waals surface area contributed by atoms with Crippen LogP contribution in [0.1, 0.15) is 19.4 Å². The number of nitrogens with zero attached hydrogens (tertiary/aromatic N) is 4. The van der Waals surface area contributed by atoms with Crippen molar-refractivity contribution < 1.29 is 44.3 Å². The molecule has 1 unspecified atom stereocenters. The van der Waals surface area contributed by atoms with Gasteiger partial charge in [0.25, 0.3) is 5.91 Å². The highest BCUT2D eigenvalue weighted by molar-refractivity contribution is 6.37. The molecule has 228 valence electrons. The van der Waals surface area contributed by atoms with Crippen molar-refractivity contribution in [2.24, 2.45) is 0 Å². The topological polar surface area (TPSA) is 83.6 Å². The first-order valence-electron chi connectivity index (χ1n) is 11.5. The Labute approximate surface area is 247 Å². The second-order valence-corrected chi connectivity index (χ2v) is 9.73. The normalized spacial score (nSPS) is 14.7. The van der Waals surface area contributed by atoms with Crippen LogP contribution < -0.4 is 5.32 Å². The van der Waals surface area contributed by atoms with E-state index < -0.39 is 51.1 Å². The Morgan fingerprint density at radius 1 is 0.953 bits per heavy atom. The standard InChI is InChI=1S/C26H16Cl2F9N5O/c1-13(11-38)6-7-14(2)22(43)39-17-5-3-4-15(8-17)20-12-42(41-40-20)21-18(27)9-16(10-19(21)28)23(29,25(32,33)34)24(30,31)26(35,36)37/h3-10,12H,1-2H3,(H,39,43)/b13-6+,14-7+. The van der Waals surface area contributed by atoms with Crippen molar-refractivity contribution in [2.45, 2.75) is 37.8 Å². The number of rotatable bonds is 7. The smallest absolute Gasteiger partial charge is 0.322 e. The highest BCUT2D eigenvalue weighted by Crippen LogP contribution is 2.59. The fourth-order valence-corrected chi connectivity index (χ4v) is 4.22. The quantitative estimate of drug-likeness (QED) is 0.120. The van der Waals surface area contributed by atoms with Crippen molar-refractivity contribution in [2.75, 3.05) is 5.32 Å². The molecule has 0 radical (unpaired) electrons. The molecule has 3 aromatic rings. The Morgan fingerprint density at radius 3 is 2.09 bits per heavy atom. The zero-order chi connectivity index (χ0) is 32.5. The monoisotopic (exact) mass is 655 g/mol. The minimum Gasteiger partial charge on any atom is -0.322 e. The predicted molar refractivity (Wildman–Crippen MR) is 138 cm³/mol. The van der Waals surface area contributed by atoms with Gasteiger partial charge in [-0.1, -0.05) is 46.6 Å². The number of nitrogens with one attached hydrogen (secondary N) is 1. The molecular weight excluding hydrogens is 640 g/mol. The van der Waals surface area contributed by atoms with E-state index in [4.69, 9.17) is 28.5 Å². The maximum absolute atomic E-state index is 14.9. The Balaban J connectivity index is 1.98. The second kappa shape index (κ2) is 11.9. The molecule has 0 aliphatic carbocycles. The number of amides is 1. The SMILES string of the molecule is C/C(C#N)=C\C=C(/C)C(=O)Nc1cccc(-c2cn(-c3c(Cl)cc(C(F)(C(F)(F)F)C(F)(F)C(F)(F)F)cc3Cl)nn2)c1. The lowest BCUT2D eigenvalue weighted by atomic mass is 9.87. The molecule has 0 saturated carbocycles. The van der Waals surface area contributed by atoms with Crippen molar-refractivity contribution in [1.29, 1.82) is 5.26 Å². The number of hydrogen-bond acceptors (Lipinski definition) is 4. The summed E-state index contributed by atoms with van der Waals surface area (Å²) in [5.74, 6) is -7.41. The first-order valence-corrected chi connectivity index (χ1v) is 12.3. The van der Waals surface area contributed by atoms with Gasteiger partial charge >= 0.3 is 23.9 Å². The number of carbonyl (C=O) groups is 1. The summed E-state index contributed by atoms with van der Waals surface area (Å²) in [7, 11) is 0. The number of halogens is 11. The van der Waals surface area contributed by atoms with E-state index in [1.165, 1.54) is 43.3 Å². The molecule has 1 heterocycles. The van der Waals surface area contributed by atoms with Gasteiger partial charge in [-0.15, -0.1) is 5.10 Å². The van der Waals surface area contributed by atoms with E-state index >= 15 is 0 Å². The number of alkyl halides is 9. The molecule has 43 heavy (non-hydrogen) atoms. The van der Waals surface area contributed by atoms with Crippen LogP contribution in [0.15, 0.2) is 65.9 Å². The van der Waals surface area contributed by atoms with Gasteiger partial charge in [-0.3, -0.25) is 4.79 Å². The first kappa shape index (κ1) is 33.5. The van der Waals surface area contributed by atoms with Crippen molar-refractivity contribution in [1.82, 2.24) is 15.0 Å². The molecule has 0 spiro atoms. The average Bonchev–Trinajstić information content (AvgIpc) is 3.39. The summed E-state index contributed by atoms with van der Waals surface area (Å²) in [4.78, 5) is 12.4. The number of anilines is 1. The maximum atomic E-state index is 14.9. The van der Waals surface area contributed by atoms with Crippen molar-refractivity contribution in [3.05, 3.63) is 81.5 Å². The van der Waals surface area contributed by atoms with Gasteiger partial charge < -0.3 is 5.32 Å². The second-order valence-electron chi connectivity index (χ2n) is 8.91. The van der Waals surface area contributed by atoms with Crippen LogP contribution in [0.4, 0.5) is 45.2 Å². The Hall–Kier alpha value is -4.03. The molecule has 3 rings (SSSR count). The first-order chi connectivity index (χ1) is 19.7. The minimum atomic E-state index is -6.92. The van der Waals surface area contributed by atoms with Crippen LogP contribution in [0.5, 0.6) is 0 Å². The van der Waals surface area contributed by atoms with Gasteiger partial charge in [-0.05, 0) is 44.2 Å². The largest absolute Gasteiger partial charge is 0.457 e. The zero-order valence-electron chi connectivity index (χ0n) is 21.6. The van der Waals surface area contributed by atoms with E-state index in [0.29, 0.717) is 16.8 Å². The summed E-state index contributed by atoms with van der Waals surface area (Å²) < 4.78 is 122. The predicted octanol–water partition coefficient (Wildman–Crippen LogP) is 8.52. The molecule has 0 bridgehead atoms. The fraction of sp³-hybridized carbons (Fsp3) is 0.231. The number of nitriles is 1. The third-order valence-electron chi connectivity index (χ3n) is 5.85. The minimum absolute atomic E-state index is 0.0590. The Morgan fingerprint density at radius 2 is 1.56 bits per heavy atom. The lowest BCUT2D eigenvalue weighted by Gasteiger charge is -2.36. The summed E-state index contributed by atoms with van der Waals surface area (Å²) in [5, 5.41) is 17.1. The van der Waals surface area contributed by atoms with Gasteiger partial charge in [-0.25, -0.2) is 9.07 Å². The van der Waals surface area contributed by atoms with Crippen LogP contribution in [0.2, 0.25) is 10.0 Å². The Bertz CT molecular complexity index is 1630. The van der Waals surface area contributed by atoms with Crippen LogP contribution in [-0.4, -0.2) is 39.2 Å². The number of carbonyl (C=O) groups excluding carboxylic acids is 1. The molecule has 0 saturated heterocycles. The van der Waals surface area contributed by atoms with Gasteiger partial charge in [0.2, 0.25) is 0 Å². The number of benzene rings is 2. The summed E-state index contributed by atoms with van der Waals surface area (Å²) in [6.45, 7) is 3.06. The van der Waals surface area contributed by atoms with E-state index in [2.05, 4.69) is 15.6 Å². The van der Waals surface area contributed by atoms with Gasteiger partial charge in [0.15, 0.2) is 0 Å². The highest BCUT2D eigenvalue weighted by atomic mass is 35.5. The van der Waals surface area contributed by atoms with Crippen LogP contribution in [-0.2, 0) is 10.5 Å². The van der Waals surface area contributed by atoms with Gasteiger partial charge in [-0.2, -0.15) is 40.4 Å². The molecule has 1 N–H and O–H groups in total. The maximum Gasteiger partial charge on any atom is 0.457 e. The summed E-state index contributed by atoms with van der Waals surface area (Å²) in [6.07, 6.45) is -9.64. The molecule has 1 aromatic heterocycles. The molecule has 0 aliphatic heterocycles. The Kier molecular flexibility index (Phi) is 9.28. The number of allylic oxidation sites excluding steroid dienone is 3. The zero-order valence-corrected chi connectivity index (χ0v) is 23.1. The van der Waals surface area contributed by atoms with E-state index in [-0.39, 0.29) is 23.4 Å². The highest BCUT2D eigenvalue weighted by Gasteiger charge is 2.81. The van der Waals surface area contributed by atoms with Crippen molar-refractivity contribution in [3.63, 3.8) is 0 Å². The molecule has 6 nitrogen and oxygen atoms in total. The van der Waals surface area contributed by atoms with Crippen LogP contribution >= 0.6 is 23.2 Å². The lowest BCUT2D eigenvalue weighted by molar-refractivity contribution is -0.389. The van der Waals surface area contributed by atoms with Gasteiger partial charge in [0, 0.05) is 28.0 Å². The van der Waals surface area contributed by atoms with Gasteiger partial charge in [0.05, 0.1) is 22.3 Å². The summed E-state index contributed by atoms with van der Waals surface area (Å²) in [5.41, 5.74) is -7.58. The molecule has 0 fully saturated rings. The summed E-state index contributed by atoms with van der Waals surface area (Å²) >= 11 is 11.8. The van der Waals surface area contributed by atoms with Crippen molar-refractivity contribution >= 4 is 34.8 Å².